The van der Waals surface area contributed by atoms with E-state index in [9.17, 15) is 29.3 Å². The molecule has 38 heavy (non-hydrogen) atoms. The number of fused-ring (bicyclic) bond motifs is 1. The molecule has 11 nitrogen and oxygen atoms in total. The summed E-state index contributed by atoms with van der Waals surface area (Å²) in [6.45, 7) is 1.76. The maximum absolute atomic E-state index is 12.9. The smallest absolute Gasteiger partial charge is 0.316 e. The minimum atomic E-state index is -0.764. The number of carbonyl (C=O) groups excluding carboxylic acids is 4. The predicted octanol–water partition coefficient (Wildman–Crippen LogP) is 3.33. The summed E-state index contributed by atoms with van der Waals surface area (Å²) in [5, 5.41) is 11.1. The standard InChI is InChI=1S/C27H25N3O8/c1-15-11-18(8-10-21(15)29-25(32)19-5-3-4-6-20(19)26(29)33)38-27(34)16-12-24(31)28(14-16)22-9-7-17(30(35)36)13-23(22)37-2/h3-4,7-11,13,16,19-20H,5-6,12,14H2,1-2H3/t16-,19-,20-/m1/s1. The lowest BCUT2D eigenvalue weighted by molar-refractivity contribution is -0.384. The van der Waals surface area contributed by atoms with Gasteiger partial charge in [-0.2, -0.15) is 0 Å². The molecule has 3 atom stereocenters. The Morgan fingerprint density at radius 3 is 2.26 bits per heavy atom. The molecule has 3 amide bonds. The zero-order valence-electron chi connectivity index (χ0n) is 20.8. The van der Waals surface area contributed by atoms with Crippen molar-refractivity contribution in [2.24, 2.45) is 17.8 Å². The molecule has 2 aliphatic heterocycles. The third-order valence-corrected chi connectivity index (χ3v) is 7.26. The molecule has 2 aromatic carbocycles. The minimum absolute atomic E-state index is 0.0243. The SMILES string of the molecule is COc1cc([N+](=O)[O-])ccc1N1C[C@H](C(=O)Oc2ccc(N3C(=O)[C@@H]4CC=CC[C@H]4C3=O)c(C)c2)CC1=O. The van der Waals surface area contributed by atoms with Crippen molar-refractivity contribution in [3.8, 4) is 11.5 Å². The Morgan fingerprint density at radius 2 is 1.66 bits per heavy atom. The van der Waals surface area contributed by atoms with Crippen LogP contribution in [-0.4, -0.2) is 42.3 Å². The molecular weight excluding hydrogens is 494 g/mol. The van der Waals surface area contributed by atoms with Gasteiger partial charge in [0.1, 0.15) is 11.5 Å². The van der Waals surface area contributed by atoms with E-state index in [0.29, 0.717) is 29.8 Å². The molecule has 0 radical (unpaired) electrons. The molecule has 3 aliphatic rings. The third kappa shape index (κ3) is 4.29. The van der Waals surface area contributed by atoms with Gasteiger partial charge in [0, 0.05) is 19.0 Å². The summed E-state index contributed by atoms with van der Waals surface area (Å²) in [4.78, 5) is 64.5. The van der Waals surface area contributed by atoms with Crippen molar-refractivity contribution in [3.63, 3.8) is 0 Å². The number of rotatable bonds is 6. The fourth-order valence-electron chi connectivity index (χ4n) is 5.28. The van der Waals surface area contributed by atoms with Gasteiger partial charge < -0.3 is 14.4 Å². The molecule has 0 N–H and O–H groups in total. The van der Waals surface area contributed by atoms with Crippen LogP contribution in [0.15, 0.2) is 48.6 Å². The number of benzene rings is 2. The summed E-state index contributed by atoms with van der Waals surface area (Å²) >= 11 is 0. The monoisotopic (exact) mass is 519 g/mol. The third-order valence-electron chi connectivity index (χ3n) is 7.26. The molecule has 5 rings (SSSR count). The van der Waals surface area contributed by atoms with Crippen LogP contribution in [0.4, 0.5) is 17.1 Å². The first-order chi connectivity index (χ1) is 18.2. The van der Waals surface area contributed by atoms with Gasteiger partial charge in [0.25, 0.3) is 5.69 Å². The number of nitro groups is 1. The molecule has 2 aromatic rings. The van der Waals surface area contributed by atoms with Crippen molar-refractivity contribution in [1.29, 1.82) is 0 Å². The largest absolute Gasteiger partial charge is 0.494 e. The Morgan fingerprint density at radius 1 is 1.00 bits per heavy atom. The van der Waals surface area contributed by atoms with Crippen molar-refractivity contribution < 1.29 is 33.6 Å². The number of allylic oxidation sites excluding steroid dienone is 2. The van der Waals surface area contributed by atoms with E-state index in [1.807, 2.05) is 12.2 Å². The van der Waals surface area contributed by atoms with Crippen LogP contribution in [-0.2, 0) is 19.2 Å². The van der Waals surface area contributed by atoms with Gasteiger partial charge in [-0.05, 0) is 49.6 Å². The number of nitrogens with zero attached hydrogens (tertiary/aromatic N) is 3. The average molecular weight is 520 g/mol. The second kappa shape index (κ2) is 9.73. The van der Waals surface area contributed by atoms with Crippen LogP contribution >= 0.6 is 0 Å². The Balaban J connectivity index is 1.29. The van der Waals surface area contributed by atoms with Gasteiger partial charge in [0.15, 0.2) is 0 Å². The van der Waals surface area contributed by atoms with E-state index in [1.165, 1.54) is 41.2 Å². The fourth-order valence-corrected chi connectivity index (χ4v) is 5.28. The molecule has 2 fully saturated rings. The molecule has 11 heteroatoms. The molecule has 0 bridgehead atoms. The van der Waals surface area contributed by atoms with Crippen LogP contribution < -0.4 is 19.3 Å². The molecule has 0 saturated carbocycles. The van der Waals surface area contributed by atoms with Crippen LogP contribution in [0.3, 0.4) is 0 Å². The van der Waals surface area contributed by atoms with Crippen LogP contribution in [0.2, 0.25) is 0 Å². The van der Waals surface area contributed by atoms with Gasteiger partial charge in [-0.3, -0.25) is 29.3 Å². The van der Waals surface area contributed by atoms with E-state index in [1.54, 1.807) is 19.1 Å². The number of ether oxygens (including phenoxy) is 2. The lowest BCUT2D eigenvalue weighted by Crippen LogP contribution is -2.31. The normalized spacial score (nSPS) is 22.6. The highest BCUT2D eigenvalue weighted by molar-refractivity contribution is 6.22. The lowest BCUT2D eigenvalue weighted by atomic mass is 9.85. The second-order valence-electron chi connectivity index (χ2n) is 9.56. The quantitative estimate of drug-likeness (QED) is 0.142. The topological polar surface area (TPSA) is 136 Å². The molecule has 2 heterocycles. The maximum atomic E-state index is 12.9. The Labute approximate surface area is 217 Å². The van der Waals surface area contributed by atoms with Crippen molar-refractivity contribution in [2.75, 3.05) is 23.5 Å². The number of methoxy groups -OCH3 is 1. The average Bonchev–Trinajstić information content (AvgIpc) is 3.41. The number of amides is 3. The Bertz CT molecular complexity index is 1370. The molecular formula is C27H25N3O8. The first kappa shape index (κ1) is 25.1. The molecule has 0 unspecified atom stereocenters. The Hall–Kier alpha value is -4.54. The number of carbonyl (C=O) groups is 4. The van der Waals surface area contributed by atoms with Crippen molar-refractivity contribution >= 4 is 40.8 Å². The Kier molecular flexibility index (Phi) is 6.43. The zero-order chi connectivity index (χ0) is 27.1. The van der Waals surface area contributed by atoms with Crippen LogP contribution in [0.1, 0.15) is 24.8 Å². The molecule has 0 spiro atoms. The van der Waals surface area contributed by atoms with Gasteiger partial charge in [-0.1, -0.05) is 12.2 Å². The highest BCUT2D eigenvalue weighted by Crippen LogP contribution is 2.40. The molecule has 196 valence electrons. The molecule has 0 aromatic heterocycles. The number of imide groups is 1. The van der Waals surface area contributed by atoms with Crippen LogP contribution in [0.5, 0.6) is 11.5 Å². The first-order valence-electron chi connectivity index (χ1n) is 12.2. The highest BCUT2D eigenvalue weighted by atomic mass is 16.6. The fraction of sp³-hybridized carbons (Fsp3) is 0.333. The van der Waals surface area contributed by atoms with Crippen molar-refractivity contribution in [2.45, 2.75) is 26.2 Å². The summed E-state index contributed by atoms with van der Waals surface area (Å²) < 4.78 is 10.8. The molecule has 1 aliphatic carbocycles. The van der Waals surface area contributed by atoms with Crippen LogP contribution in [0, 0.1) is 34.8 Å². The van der Waals surface area contributed by atoms with Crippen molar-refractivity contribution in [3.05, 3.63) is 64.2 Å². The first-order valence-corrected chi connectivity index (χ1v) is 12.2. The molecule has 2 saturated heterocycles. The summed E-state index contributed by atoms with van der Waals surface area (Å²) in [6.07, 6.45) is 4.85. The number of non-ortho nitro benzene ring substituents is 1. The van der Waals surface area contributed by atoms with E-state index in [4.69, 9.17) is 9.47 Å². The number of hydrogen-bond donors (Lipinski definition) is 0. The van der Waals surface area contributed by atoms with E-state index >= 15 is 0 Å². The summed E-state index contributed by atoms with van der Waals surface area (Å²) in [7, 11) is 1.34. The highest BCUT2D eigenvalue weighted by Gasteiger charge is 2.48. The lowest BCUT2D eigenvalue weighted by Gasteiger charge is -2.19. The van der Waals surface area contributed by atoms with Gasteiger partial charge in [-0.25, -0.2) is 4.90 Å². The minimum Gasteiger partial charge on any atom is -0.494 e. The van der Waals surface area contributed by atoms with Gasteiger partial charge >= 0.3 is 5.97 Å². The number of esters is 1. The zero-order valence-corrected chi connectivity index (χ0v) is 20.8. The van der Waals surface area contributed by atoms with E-state index in [2.05, 4.69) is 0 Å². The number of nitro benzene ring substituents is 1. The second-order valence-corrected chi connectivity index (χ2v) is 9.56. The van der Waals surface area contributed by atoms with E-state index < -0.39 is 16.8 Å². The number of aryl methyl sites for hydroxylation is 1. The predicted molar refractivity (Wildman–Crippen MR) is 135 cm³/mol. The van der Waals surface area contributed by atoms with Gasteiger partial charge in [0.05, 0.1) is 47.2 Å². The van der Waals surface area contributed by atoms with E-state index in [-0.39, 0.29) is 59.7 Å². The summed E-state index contributed by atoms with van der Waals surface area (Å²) in [5.74, 6) is -2.47. The summed E-state index contributed by atoms with van der Waals surface area (Å²) in [6, 6.07) is 8.60. The maximum Gasteiger partial charge on any atom is 0.316 e. The number of anilines is 2. The summed E-state index contributed by atoms with van der Waals surface area (Å²) in [5.41, 5.74) is 1.21. The van der Waals surface area contributed by atoms with Gasteiger partial charge in [0.2, 0.25) is 17.7 Å². The van der Waals surface area contributed by atoms with Crippen molar-refractivity contribution in [1.82, 2.24) is 0 Å². The van der Waals surface area contributed by atoms with Gasteiger partial charge in [-0.15, -0.1) is 0 Å². The van der Waals surface area contributed by atoms with E-state index in [0.717, 1.165) is 0 Å². The number of hydrogen-bond acceptors (Lipinski definition) is 8. The van der Waals surface area contributed by atoms with Crippen LogP contribution in [0.25, 0.3) is 0 Å².